The minimum absolute atomic E-state index is 0.215. The zero-order chi connectivity index (χ0) is 19.4. The van der Waals surface area contributed by atoms with Crippen molar-refractivity contribution in [1.82, 2.24) is 4.31 Å². The third kappa shape index (κ3) is 5.13. The SMILES string of the molecule is O=C(COc1cc(Cl)cc(Cl)c1)Nc1ccc(S(=O)(=O)N2CCCC2)cc1. The Kier molecular flexibility index (Phi) is 6.26. The Bertz CT molecular complexity index is 907. The molecule has 1 aliphatic rings. The fourth-order valence-electron chi connectivity index (χ4n) is 2.75. The molecule has 2 aromatic carbocycles. The van der Waals surface area contributed by atoms with Gasteiger partial charge in [-0.3, -0.25) is 4.79 Å². The van der Waals surface area contributed by atoms with Crippen molar-refractivity contribution in [2.45, 2.75) is 17.7 Å². The summed E-state index contributed by atoms with van der Waals surface area (Å²) in [4.78, 5) is 12.2. The first kappa shape index (κ1) is 19.9. The van der Waals surface area contributed by atoms with Gasteiger partial charge in [-0.2, -0.15) is 4.31 Å². The zero-order valence-electron chi connectivity index (χ0n) is 14.3. The van der Waals surface area contributed by atoms with Crippen LogP contribution in [0.2, 0.25) is 10.0 Å². The molecule has 0 aromatic heterocycles. The highest BCUT2D eigenvalue weighted by Crippen LogP contribution is 2.24. The van der Waals surface area contributed by atoms with Crippen molar-refractivity contribution in [2.24, 2.45) is 0 Å². The summed E-state index contributed by atoms with van der Waals surface area (Å²) in [5.74, 6) is -0.00375. The monoisotopic (exact) mass is 428 g/mol. The van der Waals surface area contributed by atoms with E-state index >= 15 is 0 Å². The molecule has 2 aromatic rings. The summed E-state index contributed by atoms with van der Waals surface area (Å²) in [6, 6.07) is 10.8. The molecule has 1 saturated heterocycles. The minimum Gasteiger partial charge on any atom is -0.484 e. The van der Waals surface area contributed by atoms with E-state index in [9.17, 15) is 13.2 Å². The fraction of sp³-hybridized carbons (Fsp3) is 0.278. The number of carbonyl (C=O) groups excluding carboxylic acids is 1. The van der Waals surface area contributed by atoms with Crippen LogP contribution in [0, 0.1) is 0 Å². The van der Waals surface area contributed by atoms with E-state index in [-0.39, 0.29) is 17.4 Å². The van der Waals surface area contributed by atoms with Crippen molar-refractivity contribution >= 4 is 44.8 Å². The number of anilines is 1. The second kappa shape index (κ2) is 8.48. The Balaban J connectivity index is 1.58. The number of hydrogen-bond acceptors (Lipinski definition) is 4. The first-order chi connectivity index (χ1) is 12.8. The molecule has 1 N–H and O–H groups in total. The van der Waals surface area contributed by atoms with Crippen molar-refractivity contribution in [1.29, 1.82) is 0 Å². The summed E-state index contributed by atoms with van der Waals surface area (Å²) in [5.41, 5.74) is 0.480. The summed E-state index contributed by atoms with van der Waals surface area (Å²) in [7, 11) is -3.47. The molecule has 0 atom stereocenters. The second-order valence-electron chi connectivity index (χ2n) is 6.08. The molecule has 0 spiro atoms. The second-order valence-corrected chi connectivity index (χ2v) is 8.89. The third-order valence-corrected chi connectivity index (χ3v) is 6.40. The van der Waals surface area contributed by atoms with Crippen LogP contribution < -0.4 is 10.1 Å². The molecule has 0 radical (unpaired) electrons. The molecule has 144 valence electrons. The minimum atomic E-state index is -3.47. The van der Waals surface area contributed by atoms with Crippen LogP contribution in [-0.2, 0) is 14.8 Å². The molecule has 27 heavy (non-hydrogen) atoms. The quantitative estimate of drug-likeness (QED) is 0.758. The number of ether oxygens (including phenoxy) is 1. The summed E-state index contributed by atoms with van der Waals surface area (Å²) in [5, 5.41) is 3.47. The number of benzene rings is 2. The van der Waals surface area contributed by atoms with Crippen molar-refractivity contribution in [3.8, 4) is 5.75 Å². The summed E-state index contributed by atoms with van der Waals surface area (Å²) in [6.07, 6.45) is 1.76. The van der Waals surface area contributed by atoms with Gasteiger partial charge in [0.25, 0.3) is 5.91 Å². The first-order valence-corrected chi connectivity index (χ1v) is 10.5. The van der Waals surface area contributed by atoms with E-state index in [0.29, 0.717) is 34.6 Å². The average Bonchev–Trinajstić information content (AvgIpc) is 3.15. The van der Waals surface area contributed by atoms with Crippen molar-refractivity contribution in [3.05, 3.63) is 52.5 Å². The lowest BCUT2D eigenvalue weighted by molar-refractivity contribution is -0.118. The van der Waals surface area contributed by atoms with Crippen LogP contribution in [0.3, 0.4) is 0 Å². The van der Waals surface area contributed by atoms with Gasteiger partial charge in [0.05, 0.1) is 4.90 Å². The lowest BCUT2D eigenvalue weighted by Crippen LogP contribution is -2.27. The van der Waals surface area contributed by atoms with Crippen LogP contribution in [-0.4, -0.2) is 38.3 Å². The molecule has 6 nitrogen and oxygen atoms in total. The van der Waals surface area contributed by atoms with Crippen LogP contribution in [0.15, 0.2) is 47.4 Å². The van der Waals surface area contributed by atoms with Crippen molar-refractivity contribution in [3.63, 3.8) is 0 Å². The number of nitrogens with zero attached hydrogens (tertiary/aromatic N) is 1. The Morgan fingerprint density at radius 1 is 1.04 bits per heavy atom. The van der Waals surface area contributed by atoms with Gasteiger partial charge in [0, 0.05) is 28.8 Å². The summed E-state index contributed by atoms with van der Waals surface area (Å²) in [6.45, 7) is 0.863. The van der Waals surface area contributed by atoms with E-state index in [4.69, 9.17) is 27.9 Å². The highest BCUT2D eigenvalue weighted by Gasteiger charge is 2.26. The van der Waals surface area contributed by atoms with E-state index in [1.165, 1.54) is 16.4 Å². The molecule has 0 aliphatic carbocycles. The molecule has 1 aliphatic heterocycles. The standard InChI is InChI=1S/C18H18Cl2N2O4S/c19-13-9-14(20)11-16(10-13)26-12-18(23)21-15-3-5-17(6-4-15)27(24,25)22-7-1-2-8-22/h3-6,9-11H,1-2,7-8,12H2,(H,21,23). The van der Waals surface area contributed by atoms with Gasteiger partial charge in [-0.25, -0.2) is 8.42 Å². The fourth-order valence-corrected chi connectivity index (χ4v) is 4.77. The Labute approximate surface area is 168 Å². The number of rotatable bonds is 6. The van der Waals surface area contributed by atoms with Gasteiger partial charge in [0.2, 0.25) is 10.0 Å². The molecule has 3 rings (SSSR count). The van der Waals surface area contributed by atoms with Crippen LogP contribution in [0.5, 0.6) is 5.75 Å². The number of amides is 1. The van der Waals surface area contributed by atoms with Gasteiger partial charge < -0.3 is 10.1 Å². The highest BCUT2D eigenvalue weighted by atomic mass is 35.5. The van der Waals surface area contributed by atoms with Gasteiger partial charge in [-0.15, -0.1) is 0 Å². The van der Waals surface area contributed by atoms with Crippen LogP contribution >= 0.6 is 23.2 Å². The van der Waals surface area contributed by atoms with Gasteiger partial charge in [-0.1, -0.05) is 23.2 Å². The molecule has 1 fully saturated rings. The maximum atomic E-state index is 12.5. The normalized spacial score (nSPS) is 14.9. The average molecular weight is 429 g/mol. The molecule has 1 heterocycles. The highest BCUT2D eigenvalue weighted by molar-refractivity contribution is 7.89. The van der Waals surface area contributed by atoms with E-state index in [1.807, 2.05) is 0 Å². The predicted molar refractivity (Wildman–Crippen MR) is 105 cm³/mol. The predicted octanol–water partition coefficient (Wildman–Crippen LogP) is 3.80. The van der Waals surface area contributed by atoms with Crippen LogP contribution in [0.1, 0.15) is 12.8 Å². The molecule has 0 saturated carbocycles. The zero-order valence-corrected chi connectivity index (χ0v) is 16.6. The summed E-state index contributed by atoms with van der Waals surface area (Å²) < 4.78 is 31.8. The van der Waals surface area contributed by atoms with Crippen LogP contribution in [0.25, 0.3) is 0 Å². The van der Waals surface area contributed by atoms with Gasteiger partial charge in [-0.05, 0) is 55.3 Å². The van der Waals surface area contributed by atoms with Crippen LogP contribution in [0.4, 0.5) is 5.69 Å². The molecule has 1 amide bonds. The molecule has 9 heteroatoms. The maximum absolute atomic E-state index is 12.5. The largest absolute Gasteiger partial charge is 0.484 e. The molecular weight excluding hydrogens is 411 g/mol. The van der Waals surface area contributed by atoms with E-state index < -0.39 is 10.0 Å². The number of carbonyl (C=O) groups is 1. The summed E-state index contributed by atoms with van der Waals surface area (Å²) >= 11 is 11.8. The maximum Gasteiger partial charge on any atom is 0.262 e. The molecule has 0 unspecified atom stereocenters. The number of nitrogens with one attached hydrogen (secondary N) is 1. The van der Waals surface area contributed by atoms with E-state index in [0.717, 1.165) is 12.8 Å². The lowest BCUT2D eigenvalue weighted by atomic mass is 10.3. The van der Waals surface area contributed by atoms with Crippen molar-refractivity contribution < 1.29 is 17.9 Å². The number of hydrogen-bond donors (Lipinski definition) is 1. The number of sulfonamides is 1. The number of halogens is 2. The van der Waals surface area contributed by atoms with Crippen molar-refractivity contribution in [2.75, 3.05) is 25.0 Å². The molecular formula is C18H18Cl2N2O4S. The lowest BCUT2D eigenvalue weighted by Gasteiger charge is -2.15. The van der Waals surface area contributed by atoms with E-state index in [2.05, 4.69) is 5.32 Å². The Hall–Kier alpha value is -1.80. The first-order valence-electron chi connectivity index (χ1n) is 8.33. The topological polar surface area (TPSA) is 75.7 Å². The molecule has 0 bridgehead atoms. The van der Waals surface area contributed by atoms with E-state index in [1.54, 1.807) is 30.3 Å². The third-order valence-electron chi connectivity index (χ3n) is 4.05. The van der Waals surface area contributed by atoms with Gasteiger partial charge in [0.15, 0.2) is 6.61 Å². The Morgan fingerprint density at radius 2 is 1.63 bits per heavy atom. The van der Waals surface area contributed by atoms with Gasteiger partial charge in [0.1, 0.15) is 5.75 Å². The van der Waals surface area contributed by atoms with Gasteiger partial charge >= 0.3 is 0 Å². The Morgan fingerprint density at radius 3 is 2.22 bits per heavy atom. The smallest absolute Gasteiger partial charge is 0.262 e.